The van der Waals surface area contributed by atoms with Crippen molar-refractivity contribution in [2.45, 2.75) is 38.6 Å². The van der Waals surface area contributed by atoms with E-state index in [0.29, 0.717) is 23.1 Å². The number of hydrogen-bond acceptors (Lipinski definition) is 5. The van der Waals surface area contributed by atoms with Crippen LogP contribution in [0.5, 0.6) is 0 Å². The monoisotopic (exact) mass is 292 g/mol. The van der Waals surface area contributed by atoms with Crippen molar-refractivity contribution in [1.29, 1.82) is 0 Å². The normalized spacial score (nSPS) is 12.5. The van der Waals surface area contributed by atoms with E-state index in [-0.39, 0.29) is 24.4 Å². The largest absolute Gasteiger partial charge is 0.396 e. The van der Waals surface area contributed by atoms with Crippen molar-refractivity contribution >= 4 is 22.7 Å². The molecule has 2 rings (SSSR count). The molecule has 114 valence electrons. The second kappa shape index (κ2) is 7.17. The van der Waals surface area contributed by atoms with Crippen LogP contribution >= 0.6 is 0 Å². The maximum atomic E-state index is 13.5. The number of unbranched alkanes of at least 4 members (excludes halogenated alkanes) is 1. The Morgan fingerprint density at radius 2 is 2.14 bits per heavy atom. The van der Waals surface area contributed by atoms with Crippen molar-refractivity contribution in [2.24, 2.45) is 0 Å². The number of fused-ring (bicyclic) bond motifs is 1. The van der Waals surface area contributed by atoms with Gasteiger partial charge in [0.2, 0.25) is 5.95 Å². The molecule has 0 radical (unpaired) electrons. The van der Waals surface area contributed by atoms with Gasteiger partial charge >= 0.3 is 0 Å². The molecule has 5 nitrogen and oxygen atoms in total. The predicted molar refractivity (Wildman–Crippen MR) is 82.5 cm³/mol. The van der Waals surface area contributed by atoms with E-state index in [1.54, 1.807) is 6.07 Å². The molecule has 0 saturated heterocycles. The van der Waals surface area contributed by atoms with Crippen LogP contribution in [0.2, 0.25) is 0 Å². The molecule has 0 saturated carbocycles. The van der Waals surface area contributed by atoms with E-state index < -0.39 is 0 Å². The summed E-state index contributed by atoms with van der Waals surface area (Å²) in [6, 6.07) is 4.41. The Labute approximate surface area is 123 Å². The number of nitrogens with zero attached hydrogens (tertiary/aromatic N) is 2. The summed E-state index contributed by atoms with van der Waals surface area (Å²) in [5.41, 5.74) is 6.31. The molecule has 21 heavy (non-hydrogen) atoms. The highest BCUT2D eigenvalue weighted by Gasteiger charge is 2.13. The summed E-state index contributed by atoms with van der Waals surface area (Å²) < 4.78 is 13.5. The van der Waals surface area contributed by atoms with E-state index in [4.69, 9.17) is 10.8 Å². The second-order valence-electron chi connectivity index (χ2n) is 5.09. The number of nitrogens with one attached hydrogen (secondary N) is 1. The zero-order valence-electron chi connectivity index (χ0n) is 12.1. The maximum Gasteiger partial charge on any atom is 0.222 e. The third-order valence-electron chi connectivity index (χ3n) is 3.40. The van der Waals surface area contributed by atoms with Crippen LogP contribution in [0.15, 0.2) is 18.2 Å². The third-order valence-corrected chi connectivity index (χ3v) is 3.40. The topological polar surface area (TPSA) is 84.1 Å². The number of hydrogen-bond donors (Lipinski definition) is 3. The number of aliphatic hydroxyl groups excluding tert-OH is 1. The summed E-state index contributed by atoms with van der Waals surface area (Å²) in [7, 11) is 0. The molecule has 0 bridgehead atoms. The number of anilines is 2. The Morgan fingerprint density at radius 3 is 2.86 bits per heavy atom. The average molecular weight is 292 g/mol. The number of nitrogen functional groups attached to an aromatic ring is 1. The maximum absolute atomic E-state index is 13.5. The molecule has 0 amide bonds. The molecule has 0 aliphatic carbocycles. The first-order valence-corrected chi connectivity index (χ1v) is 7.24. The van der Waals surface area contributed by atoms with Crippen LogP contribution in [0, 0.1) is 5.82 Å². The lowest BCUT2D eigenvalue weighted by Crippen LogP contribution is -2.22. The molecule has 1 atom stereocenters. The molecule has 0 aliphatic rings. The Hall–Kier alpha value is -1.95. The zero-order valence-corrected chi connectivity index (χ0v) is 12.1. The smallest absolute Gasteiger partial charge is 0.222 e. The molecule has 1 unspecified atom stereocenters. The van der Waals surface area contributed by atoms with Crippen LogP contribution in [0.3, 0.4) is 0 Å². The van der Waals surface area contributed by atoms with Crippen molar-refractivity contribution < 1.29 is 9.50 Å². The fraction of sp³-hybridized carbons (Fsp3) is 0.467. The molecule has 1 aromatic carbocycles. The zero-order chi connectivity index (χ0) is 15.2. The number of halogens is 1. The van der Waals surface area contributed by atoms with Crippen LogP contribution in [0.25, 0.3) is 10.9 Å². The summed E-state index contributed by atoms with van der Waals surface area (Å²) in [6.45, 7) is 2.21. The molecular weight excluding hydrogens is 271 g/mol. The molecule has 0 aliphatic heterocycles. The third kappa shape index (κ3) is 4.01. The van der Waals surface area contributed by atoms with Gasteiger partial charge in [-0.2, -0.15) is 4.98 Å². The molecule has 0 fully saturated rings. The molecular formula is C15H21FN4O. The summed E-state index contributed by atoms with van der Waals surface area (Å²) in [6.07, 6.45) is 3.65. The first kappa shape index (κ1) is 15.4. The predicted octanol–water partition coefficient (Wildman–Crippen LogP) is 2.70. The van der Waals surface area contributed by atoms with E-state index >= 15 is 0 Å². The van der Waals surface area contributed by atoms with Gasteiger partial charge in [-0.1, -0.05) is 19.8 Å². The number of rotatable bonds is 7. The van der Waals surface area contributed by atoms with Crippen LogP contribution in [-0.4, -0.2) is 27.7 Å². The number of nitrogens with two attached hydrogens (primary N) is 1. The second-order valence-corrected chi connectivity index (χ2v) is 5.09. The highest BCUT2D eigenvalue weighted by atomic mass is 19.1. The van der Waals surface area contributed by atoms with Gasteiger partial charge < -0.3 is 16.2 Å². The van der Waals surface area contributed by atoms with Gasteiger partial charge in [0.1, 0.15) is 11.6 Å². The van der Waals surface area contributed by atoms with Gasteiger partial charge in [-0.3, -0.25) is 0 Å². The molecule has 1 heterocycles. The average Bonchev–Trinajstić information content (AvgIpc) is 2.45. The van der Waals surface area contributed by atoms with Gasteiger partial charge in [0, 0.05) is 18.0 Å². The van der Waals surface area contributed by atoms with E-state index in [1.807, 2.05) is 0 Å². The minimum absolute atomic E-state index is 0.0794. The molecule has 4 N–H and O–H groups in total. The summed E-state index contributed by atoms with van der Waals surface area (Å²) >= 11 is 0. The summed E-state index contributed by atoms with van der Waals surface area (Å²) in [4.78, 5) is 8.28. The quantitative estimate of drug-likeness (QED) is 0.730. The van der Waals surface area contributed by atoms with Crippen molar-refractivity contribution in [3.8, 4) is 0 Å². The lowest BCUT2D eigenvalue weighted by molar-refractivity contribution is 0.276. The van der Waals surface area contributed by atoms with Crippen molar-refractivity contribution in [2.75, 3.05) is 17.7 Å². The molecule has 2 aromatic rings. The Morgan fingerprint density at radius 1 is 1.33 bits per heavy atom. The standard InChI is InChI=1S/C15H21FN4O/c1-2-3-4-11(7-8-21)18-14-12-9-10(16)5-6-13(12)19-15(17)20-14/h5-6,9,11,21H,2-4,7-8H2,1H3,(H3,17,18,19,20). The van der Waals surface area contributed by atoms with E-state index in [9.17, 15) is 4.39 Å². The Balaban J connectivity index is 2.32. The number of aromatic nitrogens is 2. The van der Waals surface area contributed by atoms with Gasteiger partial charge in [0.05, 0.1) is 5.52 Å². The first-order valence-electron chi connectivity index (χ1n) is 7.24. The highest BCUT2D eigenvalue weighted by molar-refractivity contribution is 5.90. The van der Waals surface area contributed by atoms with Gasteiger partial charge in [0.15, 0.2) is 0 Å². The van der Waals surface area contributed by atoms with Gasteiger partial charge in [-0.15, -0.1) is 0 Å². The molecule has 1 aromatic heterocycles. The fourth-order valence-corrected chi connectivity index (χ4v) is 2.32. The van der Waals surface area contributed by atoms with E-state index in [0.717, 1.165) is 19.3 Å². The van der Waals surface area contributed by atoms with Crippen molar-refractivity contribution in [3.05, 3.63) is 24.0 Å². The minimum Gasteiger partial charge on any atom is -0.396 e. The van der Waals surface area contributed by atoms with Crippen LogP contribution < -0.4 is 11.1 Å². The minimum atomic E-state index is -0.341. The Kier molecular flexibility index (Phi) is 5.27. The van der Waals surface area contributed by atoms with E-state index in [1.165, 1.54) is 12.1 Å². The van der Waals surface area contributed by atoms with Crippen LogP contribution in [0.1, 0.15) is 32.6 Å². The molecule has 6 heteroatoms. The highest BCUT2D eigenvalue weighted by Crippen LogP contribution is 2.24. The lowest BCUT2D eigenvalue weighted by Gasteiger charge is -2.19. The summed E-state index contributed by atoms with van der Waals surface area (Å²) in [5, 5.41) is 13.0. The van der Waals surface area contributed by atoms with Gasteiger partial charge in [-0.05, 0) is 31.0 Å². The first-order chi connectivity index (χ1) is 10.1. The number of benzene rings is 1. The van der Waals surface area contributed by atoms with Crippen molar-refractivity contribution in [3.63, 3.8) is 0 Å². The SMILES string of the molecule is CCCCC(CCO)Nc1nc(N)nc2ccc(F)cc12. The molecule has 0 spiro atoms. The fourth-order valence-electron chi connectivity index (χ4n) is 2.32. The van der Waals surface area contributed by atoms with E-state index in [2.05, 4.69) is 22.2 Å². The van der Waals surface area contributed by atoms with Gasteiger partial charge in [0.25, 0.3) is 0 Å². The van der Waals surface area contributed by atoms with Crippen LogP contribution in [-0.2, 0) is 0 Å². The van der Waals surface area contributed by atoms with Crippen molar-refractivity contribution in [1.82, 2.24) is 9.97 Å². The Bertz CT molecular complexity index is 605. The van der Waals surface area contributed by atoms with Crippen LogP contribution in [0.4, 0.5) is 16.2 Å². The van der Waals surface area contributed by atoms with Gasteiger partial charge in [-0.25, -0.2) is 9.37 Å². The lowest BCUT2D eigenvalue weighted by atomic mass is 10.1. The number of aliphatic hydroxyl groups is 1. The summed E-state index contributed by atoms with van der Waals surface area (Å²) in [5.74, 6) is 0.326.